The molecule has 19 heavy (non-hydrogen) atoms. The van der Waals surface area contributed by atoms with Gasteiger partial charge in [-0.1, -0.05) is 12.1 Å². The lowest BCUT2D eigenvalue weighted by molar-refractivity contribution is -0.291. The van der Waals surface area contributed by atoms with Crippen LogP contribution in [0.15, 0.2) is 18.2 Å². The Balaban J connectivity index is 3.20. The van der Waals surface area contributed by atoms with Crippen LogP contribution >= 0.6 is 0 Å². The fourth-order valence-corrected chi connectivity index (χ4v) is 1.43. The number of para-hydroxylation sites is 1. The Morgan fingerprint density at radius 3 is 2.32 bits per heavy atom. The fourth-order valence-electron chi connectivity index (χ4n) is 1.43. The number of alkyl halides is 5. The van der Waals surface area contributed by atoms with Gasteiger partial charge in [-0.3, -0.25) is 0 Å². The van der Waals surface area contributed by atoms with E-state index in [1.165, 1.54) is 12.1 Å². The molecule has 0 saturated heterocycles. The van der Waals surface area contributed by atoms with Gasteiger partial charge in [-0.15, -0.1) is 0 Å². The van der Waals surface area contributed by atoms with Crippen LogP contribution in [0.25, 0.3) is 0 Å². The molecule has 108 valence electrons. The van der Waals surface area contributed by atoms with Gasteiger partial charge in [-0.05, 0) is 13.0 Å². The lowest BCUT2D eigenvalue weighted by atomic mass is 9.99. The first-order chi connectivity index (χ1) is 8.63. The molecule has 0 aliphatic rings. The van der Waals surface area contributed by atoms with Crippen molar-refractivity contribution in [2.45, 2.75) is 25.1 Å². The minimum absolute atomic E-state index is 0.113. The van der Waals surface area contributed by atoms with Gasteiger partial charge in [-0.25, -0.2) is 0 Å². The molecule has 0 amide bonds. The first-order valence-corrected chi connectivity index (χ1v) is 5.27. The molecule has 0 heterocycles. The molecule has 0 aliphatic carbocycles. The molecule has 1 aromatic carbocycles. The summed E-state index contributed by atoms with van der Waals surface area (Å²) in [5, 5.41) is 9.61. The number of rotatable bonds is 4. The average molecular weight is 285 g/mol. The third kappa shape index (κ3) is 2.89. The Bertz CT molecular complexity index is 447. The molecule has 0 spiro atoms. The van der Waals surface area contributed by atoms with Crippen molar-refractivity contribution >= 4 is 0 Å². The van der Waals surface area contributed by atoms with Gasteiger partial charge >= 0.3 is 12.1 Å². The molecule has 0 radical (unpaired) electrons. The zero-order valence-corrected chi connectivity index (χ0v) is 9.84. The molecule has 3 nitrogen and oxygen atoms in total. The Kier molecular flexibility index (Phi) is 4.24. The van der Waals surface area contributed by atoms with E-state index in [4.69, 9.17) is 10.5 Å². The molecule has 0 aromatic heterocycles. The van der Waals surface area contributed by atoms with Crippen molar-refractivity contribution < 1.29 is 31.8 Å². The van der Waals surface area contributed by atoms with Crippen molar-refractivity contribution in [1.29, 1.82) is 0 Å². The first kappa shape index (κ1) is 15.5. The van der Waals surface area contributed by atoms with Gasteiger partial charge in [0.1, 0.15) is 6.04 Å². The molecule has 0 bridgehead atoms. The highest BCUT2D eigenvalue weighted by atomic mass is 19.4. The van der Waals surface area contributed by atoms with Gasteiger partial charge in [-0.2, -0.15) is 22.0 Å². The van der Waals surface area contributed by atoms with Crippen molar-refractivity contribution in [2.75, 3.05) is 6.61 Å². The van der Waals surface area contributed by atoms with Crippen LogP contribution in [-0.4, -0.2) is 23.8 Å². The third-order valence-electron chi connectivity index (χ3n) is 2.43. The Labute approximate surface area is 105 Å². The molecule has 1 aromatic rings. The van der Waals surface area contributed by atoms with Crippen LogP contribution in [0.1, 0.15) is 18.5 Å². The van der Waals surface area contributed by atoms with Crippen LogP contribution in [0.5, 0.6) is 11.5 Å². The molecule has 1 atom stereocenters. The van der Waals surface area contributed by atoms with Crippen LogP contribution < -0.4 is 10.5 Å². The summed E-state index contributed by atoms with van der Waals surface area (Å²) in [6.07, 6.45) is -5.81. The number of benzene rings is 1. The zero-order valence-electron chi connectivity index (χ0n) is 9.84. The number of ether oxygens (including phenoxy) is 1. The molecule has 1 rings (SSSR count). The summed E-state index contributed by atoms with van der Waals surface area (Å²) in [4.78, 5) is 0. The van der Waals surface area contributed by atoms with Crippen molar-refractivity contribution in [2.24, 2.45) is 5.73 Å². The standard InChI is InChI=1S/C11H12F5NO2/c1-2-19-7-5-3-4-6(8(7)18)9(17)10(12,13)11(14,15)16/h3-5,9,18H,2,17H2,1H3/t9-/m1/s1. The maximum atomic E-state index is 13.1. The number of hydrogen-bond donors (Lipinski definition) is 2. The Morgan fingerprint density at radius 2 is 1.84 bits per heavy atom. The highest BCUT2D eigenvalue weighted by Gasteiger charge is 2.62. The summed E-state index contributed by atoms with van der Waals surface area (Å²) in [6.45, 7) is 1.68. The number of hydrogen-bond acceptors (Lipinski definition) is 3. The van der Waals surface area contributed by atoms with Crippen LogP contribution in [0.4, 0.5) is 22.0 Å². The smallest absolute Gasteiger partial charge is 0.455 e. The SMILES string of the molecule is CCOc1cccc([C@@H](N)C(F)(F)C(F)(F)F)c1O. The van der Waals surface area contributed by atoms with Gasteiger partial charge < -0.3 is 15.6 Å². The van der Waals surface area contributed by atoms with Gasteiger partial charge in [0.25, 0.3) is 0 Å². The van der Waals surface area contributed by atoms with Crippen molar-refractivity contribution in [1.82, 2.24) is 0 Å². The number of phenolic OH excluding ortho intramolecular Hbond substituents is 1. The third-order valence-corrected chi connectivity index (χ3v) is 2.43. The Hall–Kier alpha value is -1.57. The molecule has 8 heteroatoms. The largest absolute Gasteiger partial charge is 0.504 e. The predicted octanol–water partition coefficient (Wildman–Crippen LogP) is 2.99. The van der Waals surface area contributed by atoms with Gasteiger partial charge in [0.15, 0.2) is 11.5 Å². The van der Waals surface area contributed by atoms with Gasteiger partial charge in [0, 0.05) is 5.56 Å². The normalized spacial score (nSPS) is 14.3. The van der Waals surface area contributed by atoms with E-state index in [-0.39, 0.29) is 12.4 Å². The van der Waals surface area contributed by atoms with Crippen LogP contribution in [0.3, 0.4) is 0 Å². The second kappa shape index (κ2) is 5.20. The van der Waals surface area contributed by atoms with Crippen molar-refractivity contribution in [3.63, 3.8) is 0 Å². The molecule has 0 fully saturated rings. The summed E-state index contributed by atoms with van der Waals surface area (Å²) >= 11 is 0. The topological polar surface area (TPSA) is 55.5 Å². The summed E-state index contributed by atoms with van der Waals surface area (Å²) in [6, 6.07) is 0.586. The van der Waals surface area contributed by atoms with E-state index in [1.807, 2.05) is 0 Å². The van der Waals surface area contributed by atoms with Gasteiger partial charge in [0.2, 0.25) is 0 Å². The van der Waals surface area contributed by atoms with E-state index in [9.17, 15) is 27.1 Å². The highest BCUT2D eigenvalue weighted by Crippen LogP contribution is 2.46. The maximum absolute atomic E-state index is 13.1. The molecule has 0 aliphatic heterocycles. The number of aromatic hydroxyl groups is 1. The molecule has 0 saturated carbocycles. The minimum Gasteiger partial charge on any atom is -0.504 e. The second-order valence-electron chi connectivity index (χ2n) is 3.73. The summed E-state index contributed by atoms with van der Waals surface area (Å²) in [5.74, 6) is -6.18. The van der Waals surface area contributed by atoms with E-state index in [0.717, 1.165) is 6.07 Å². The lowest BCUT2D eigenvalue weighted by Gasteiger charge is -2.26. The van der Waals surface area contributed by atoms with Crippen molar-refractivity contribution in [3.8, 4) is 11.5 Å². The van der Waals surface area contributed by atoms with Crippen LogP contribution in [0, 0.1) is 0 Å². The lowest BCUT2D eigenvalue weighted by Crippen LogP contribution is -2.45. The van der Waals surface area contributed by atoms with Crippen LogP contribution in [0.2, 0.25) is 0 Å². The van der Waals surface area contributed by atoms with E-state index in [1.54, 1.807) is 6.92 Å². The summed E-state index contributed by atoms with van der Waals surface area (Å²) < 4.78 is 67.7. The number of halogens is 5. The molecule has 3 N–H and O–H groups in total. The zero-order chi connectivity index (χ0) is 14.8. The second-order valence-corrected chi connectivity index (χ2v) is 3.73. The summed E-state index contributed by atoms with van der Waals surface area (Å²) in [5.41, 5.74) is 4.21. The van der Waals surface area contributed by atoms with E-state index in [2.05, 4.69) is 0 Å². The van der Waals surface area contributed by atoms with Gasteiger partial charge in [0.05, 0.1) is 6.61 Å². The fraction of sp³-hybridized carbons (Fsp3) is 0.455. The van der Waals surface area contributed by atoms with E-state index in [0.29, 0.717) is 0 Å². The maximum Gasteiger partial charge on any atom is 0.455 e. The number of nitrogens with two attached hydrogens (primary N) is 1. The molecular formula is C11H12F5NO2. The minimum atomic E-state index is -5.81. The van der Waals surface area contributed by atoms with E-state index < -0.39 is 29.5 Å². The van der Waals surface area contributed by atoms with E-state index >= 15 is 0 Å². The number of phenols is 1. The van der Waals surface area contributed by atoms with Crippen LogP contribution in [-0.2, 0) is 0 Å². The highest BCUT2D eigenvalue weighted by molar-refractivity contribution is 5.47. The summed E-state index contributed by atoms with van der Waals surface area (Å²) in [7, 11) is 0. The monoisotopic (exact) mass is 285 g/mol. The average Bonchev–Trinajstić information content (AvgIpc) is 2.30. The van der Waals surface area contributed by atoms with Crippen molar-refractivity contribution in [3.05, 3.63) is 23.8 Å². The molecular weight excluding hydrogens is 273 g/mol. The quantitative estimate of drug-likeness (QED) is 0.836. The first-order valence-electron chi connectivity index (χ1n) is 5.27. The molecule has 0 unspecified atom stereocenters. The predicted molar refractivity (Wildman–Crippen MR) is 57.2 cm³/mol. The Morgan fingerprint density at radius 1 is 1.26 bits per heavy atom.